The van der Waals surface area contributed by atoms with E-state index in [0.29, 0.717) is 0 Å². The third-order valence-corrected chi connectivity index (χ3v) is 3.58. The molecule has 0 unspecified atom stereocenters. The molecule has 72 valence electrons. The predicted octanol–water partition coefficient (Wildman–Crippen LogP) is 3.41. The van der Waals surface area contributed by atoms with Gasteiger partial charge in [0.05, 0.1) is 11.2 Å². The molecule has 0 atom stereocenters. The van der Waals surface area contributed by atoms with Gasteiger partial charge in [-0.25, -0.2) is 0 Å². The maximum Gasteiger partial charge on any atom is 0.0636 e. The van der Waals surface area contributed by atoms with Gasteiger partial charge in [-0.05, 0) is 46.5 Å². The van der Waals surface area contributed by atoms with Crippen LogP contribution in [-0.4, -0.2) is 15.6 Å². The summed E-state index contributed by atoms with van der Waals surface area (Å²) in [6, 6.07) is 0. The Balaban J connectivity index is 2.66. The third-order valence-electron chi connectivity index (χ3n) is 2.33. The number of rotatable bonds is 1. The second kappa shape index (κ2) is 3.45. The van der Waals surface area contributed by atoms with Crippen LogP contribution in [-0.2, 0) is 4.74 Å². The van der Waals surface area contributed by atoms with Gasteiger partial charge < -0.3 is 4.74 Å². The Morgan fingerprint density at radius 3 is 1.92 bits per heavy atom. The maximum atomic E-state index is 5.99. The minimum atomic E-state index is 0.0809. The number of alkyl halides is 1. The highest BCUT2D eigenvalue weighted by atomic mass is 127. The Morgan fingerprint density at radius 2 is 1.58 bits per heavy atom. The fourth-order valence-corrected chi connectivity index (χ4v) is 3.03. The van der Waals surface area contributed by atoms with E-state index in [1.165, 1.54) is 17.3 Å². The summed E-state index contributed by atoms with van der Waals surface area (Å²) in [7, 11) is 0. The highest BCUT2D eigenvalue weighted by molar-refractivity contribution is 14.1. The van der Waals surface area contributed by atoms with E-state index >= 15 is 0 Å². The fraction of sp³-hybridized carbons (Fsp3) is 1.00. The van der Waals surface area contributed by atoms with Crippen molar-refractivity contribution >= 4 is 22.6 Å². The molecular formula is C10H19IO. The Bertz CT molecular complexity index is 147. The summed E-state index contributed by atoms with van der Waals surface area (Å²) in [6.45, 7) is 8.81. The number of halogens is 1. The van der Waals surface area contributed by atoms with Gasteiger partial charge in [0, 0.05) is 4.43 Å². The molecule has 0 amide bonds. The molecule has 1 saturated heterocycles. The van der Waals surface area contributed by atoms with Gasteiger partial charge >= 0.3 is 0 Å². The second-order valence-corrected chi connectivity index (χ2v) is 5.93. The molecule has 0 saturated carbocycles. The largest absolute Gasteiger partial charge is 0.370 e. The molecule has 0 N–H and O–H groups in total. The summed E-state index contributed by atoms with van der Waals surface area (Å²) in [5.74, 6) is 0.837. The second-order valence-electron chi connectivity index (χ2n) is 5.05. The normalized spacial score (nSPS) is 28.8. The van der Waals surface area contributed by atoms with Crippen molar-refractivity contribution in [3.05, 3.63) is 0 Å². The van der Waals surface area contributed by atoms with E-state index in [0.717, 1.165) is 5.92 Å². The molecular weight excluding hydrogens is 263 g/mol. The van der Waals surface area contributed by atoms with Crippen molar-refractivity contribution in [3.63, 3.8) is 0 Å². The molecule has 2 heteroatoms. The number of ether oxygens (including phenoxy) is 1. The van der Waals surface area contributed by atoms with E-state index in [9.17, 15) is 0 Å². The van der Waals surface area contributed by atoms with Crippen LogP contribution in [0.1, 0.15) is 40.5 Å². The molecule has 0 aliphatic carbocycles. The van der Waals surface area contributed by atoms with Crippen LogP contribution in [0.25, 0.3) is 0 Å². The van der Waals surface area contributed by atoms with Crippen LogP contribution in [0, 0.1) is 5.92 Å². The molecule has 0 radical (unpaired) electrons. The van der Waals surface area contributed by atoms with Gasteiger partial charge in [0.25, 0.3) is 0 Å². The first-order valence-corrected chi connectivity index (χ1v) is 6.13. The van der Waals surface area contributed by atoms with Crippen LogP contribution in [0.2, 0.25) is 0 Å². The van der Waals surface area contributed by atoms with E-state index in [1.807, 2.05) is 0 Å². The average Bonchev–Trinajstić information content (AvgIpc) is 1.80. The molecule has 12 heavy (non-hydrogen) atoms. The number of hydrogen-bond acceptors (Lipinski definition) is 1. The third kappa shape index (κ3) is 2.87. The first kappa shape index (κ1) is 10.8. The minimum Gasteiger partial charge on any atom is -0.370 e. The number of hydrogen-bond donors (Lipinski definition) is 0. The molecule has 1 aliphatic rings. The summed E-state index contributed by atoms with van der Waals surface area (Å²) < 4.78 is 7.25. The van der Waals surface area contributed by atoms with Gasteiger partial charge in [0.1, 0.15) is 0 Å². The van der Waals surface area contributed by atoms with E-state index in [2.05, 4.69) is 50.3 Å². The van der Waals surface area contributed by atoms with Crippen molar-refractivity contribution < 1.29 is 4.74 Å². The van der Waals surface area contributed by atoms with Crippen molar-refractivity contribution in [2.75, 3.05) is 4.43 Å². The van der Waals surface area contributed by atoms with Crippen LogP contribution in [0.4, 0.5) is 0 Å². The van der Waals surface area contributed by atoms with Crippen molar-refractivity contribution in [2.24, 2.45) is 5.92 Å². The molecule has 0 bridgehead atoms. The maximum absolute atomic E-state index is 5.99. The van der Waals surface area contributed by atoms with Crippen LogP contribution in [0.15, 0.2) is 0 Å². The zero-order chi connectivity index (χ0) is 9.41. The van der Waals surface area contributed by atoms with Crippen LogP contribution >= 0.6 is 22.6 Å². The lowest BCUT2D eigenvalue weighted by Crippen LogP contribution is -2.45. The van der Waals surface area contributed by atoms with Crippen molar-refractivity contribution in [1.29, 1.82) is 0 Å². The average molecular weight is 282 g/mol. The van der Waals surface area contributed by atoms with Crippen LogP contribution in [0.3, 0.4) is 0 Å². The van der Waals surface area contributed by atoms with E-state index in [1.54, 1.807) is 0 Å². The zero-order valence-electron chi connectivity index (χ0n) is 8.48. The first-order chi connectivity index (χ1) is 5.35. The van der Waals surface area contributed by atoms with Gasteiger partial charge in [-0.1, -0.05) is 22.6 Å². The van der Waals surface area contributed by atoms with Crippen molar-refractivity contribution in [3.8, 4) is 0 Å². The highest BCUT2D eigenvalue weighted by Gasteiger charge is 2.38. The summed E-state index contributed by atoms with van der Waals surface area (Å²) in [4.78, 5) is 0. The Labute approximate surface area is 89.4 Å². The van der Waals surface area contributed by atoms with Crippen molar-refractivity contribution in [1.82, 2.24) is 0 Å². The molecule has 1 heterocycles. The van der Waals surface area contributed by atoms with Gasteiger partial charge in [0.2, 0.25) is 0 Å². The zero-order valence-corrected chi connectivity index (χ0v) is 10.6. The lowest BCUT2D eigenvalue weighted by Gasteiger charge is -2.45. The van der Waals surface area contributed by atoms with Gasteiger partial charge in [0.15, 0.2) is 0 Å². The summed E-state index contributed by atoms with van der Waals surface area (Å²) >= 11 is 2.48. The van der Waals surface area contributed by atoms with Crippen molar-refractivity contribution in [2.45, 2.75) is 51.7 Å². The topological polar surface area (TPSA) is 9.23 Å². The van der Waals surface area contributed by atoms with Crippen LogP contribution in [0.5, 0.6) is 0 Å². The smallest absolute Gasteiger partial charge is 0.0636 e. The summed E-state index contributed by atoms with van der Waals surface area (Å²) in [5, 5.41) is 0. The molecule has 1 fully saturated rings. The monoisotopic (exact) mass is 282 g/mol. The quantitative estimate of drug-likeness (QED) is 0.529. The van der Waals surface area contributed by atoms with Gasteiger partial charge in [-0.3, -0.25) is 0 Å². The Morgan fingerprint density at radius 1 is 1.17 bits per heavy atom. The molecule has 1 aliphatic heterocycles. The molecule has 1 rings (SSSR count). The predicted molar refractivity (Wildman–Crippen MR) is 60.9 cm³/mol. The molecule has 0 aromatic heterocycles. The van der Waals surface area contributed by atoms with E-state index < -0.39 is 0 Å². The SMILES string of the molecule is CC1(C)CC(CI)CC(C)(C)O1. The summed E-state index contributed by atoms with van der Waals surface area (Å²) in [5.41, 5.74) is 0.162. The molecule has 0 spiro atoms. The fourth-order valence-electron chi connectivity index (χ4n) is 2.40. The molecule has 0 aromatic rings. The standard InChI is InChI=1S/C10H19IO/c1-9(2)5-8(7-11)6-10(3,4)12-9/h8H,5-7H2,1-4H3. The minimum absolute atomic E-state index is 0.0809. The van der Waals surface area contributed by atoms with Gasteiger partial charge in [-0.2, -0.15) is 0 Å². The van der Waals surface area contributed by atoms with E-state index in [4.69, 9.17) is 4.74 Å². The first-order valence-electron chi connectivity index (χ1n) is 4.61. The lowest BCUT2D eigenvalue weighted by atomic mass is 9.82. The van der Waals surface area contributed by atoms with E-state index in [-0.39, 0.29) is 11.2 Å². The Kier molecular flexibility index (Phi) is 3.09. The Hall–Kier alpha value is 0.690. The van der Waals surface area contributed by atoms with Crippen LogP contribution < -0.4 is 0 Å². The van der Waals surface area contributed by atoms with Gasteiger partial charge in [-0.15, -0.1) is 0 Å². The molecule has 0 aromatic carbocycles. The summed E-state index contributed by atoms with van der Waals surface area (Å²) in [6.07, 6.45) is 2.42. The molecule has 1 nitrogen and oxygen atoms in total. The highest BCUT2D eigenvalue weighted by Crippen LogP contribution is 2.38. The lowest BCUT2D eigenvalue weighted by molar-refractivity contribution is -0.169.